The topological polar surface area (TPSA) is 60.3 Å². The van der Waals surface area contributed by atoms with E-state index in [0.717, 1.165) is 36.8 Å². The summed E-state index contributed by atoms with van der Waals surface area (Å²) in [7, 11) is 1.60. The van der Waals surface area contributed by atoms with Crippen molar-refractivity contribution in [2.24, 2.45) is 0 Å². The van der Waals surface area contributed by atoms with Gasteiger partial charge in [0.1, 0.15) is 11.3 Å². The summed E-state index contributed by atoms with van der Waals surface area (Å²) >= 11 is 0. The minimum absolute atomic E-state index is 0.157. The monoisotopic (exact) mass is 390 g/mol. The molecule has 0 saturated heterocycles. The minimum Gasteiger partial charge on any atom is -0.497 e. The lowest BCUT2D eigenvalue weighted by molar-refractivity contribution is 0.0926. The van der Waals surface area contributed by atoms with E-state index in [1.165, 1.54) is 6.42 Å². The zero-order valence-electron chi connectivity index (χ0n) is 16.7. The van der Waals surface area contributed by atoms with Crippen LogP contribution in [0.4, 0.5) is 0 Å². The van der Waals surface area contributed by atoms with Crippen LogP contribution in [0.3, 0.4) is 0 Å². The fourth-order valence-electron chi connectivity index (χ4n) is 4.08. The first-order chi connectivity index (χ1) is 14.2. The molecule has 1 N–H and O–H groups in total. The van der Waals surface area contributed by atoms with Crippen LogP contribution in [0.15, 0.2) is 59.5 Å². The Hall–Kier alpha value is -3.08. The molecule has 1 aromatic heterocycles. The van der Waals surface area contributed by atoms with E-state index in [0.29, 0.717) is 17.7 Å². The molecule has 5 nitrogen and oxygen atoms in total. The lowest BCUT2D eigenvalue weighted by Gasteiger charge is -2.23. The molecular formula is C24H26N2O3. The Morgan fingerprint density at radius 2 is 1.86 bits per heavy atom. The normalized spacial score (nSPS) is 14.7. The van der Waals surface area contributed by atoms with E-state index in [-0.39, 0.29) is 22.9 Å². The summed E-state index contributed by atoms with van der Waals surface area (Å²) in [6.07, 6.45) is 7.12. The smallest absolute Gasteiger partial charge is 0.256 e. The number of benzene rings is 2. The predicted octanol–water partition coefficient (Wildman–Crippen LogP) is 4.12. The van der Waals surface area contributed by atoms with Crippen LogP contribution in [-0.2, 0) is 6.54 Å². The van der Waals surface area contributed by atoms with Crippen LogP contribution in [0, 0.1) is 0 Å². The minimum atomic E-state index is -0.276. The molecule has 1 saturated carbocycles. The molecule has 0 bridgehead atoms. The number of hydrogen-bond donors (Lipinski definition) is 1. The number of pyridine rings is 1. The standard InChI is InChI=1S/C24H26N2O3/c1-29-19-12-13-20-22(14-19)26(15-17-8-4-2-5-9-17)16-21(23(20)27)24(28)25-18-10-6-3-7-11-18/h2,4-5,8-9,12-14,16,18H,3,6-7,10-11,15H2,1H3,(H,25,28). The summed E-state index contributed by atoms with van der Waals surface area (Å²) in [5.74, 6) is 0.402. The van der Waals surface area contributed by atoms with Gasteiger partial charge in [-0.3, -0.25) is 9.59 Å². The van der Waals surface area contributed by atoms with Crippen molar-refractivity contribution in [2.75, 3.05) is 7.11 Å². The molecule has 29 heavy (non-hydrogen) atoms. The highest BCUT2D eigenvalue weighted by Crippen LogP contribution is 2.21. The number of nitrogens with zero attached hydrogens (tertiary/aromatic N) is 1. The summed E-state index contributed by atoms with van der Waals surface area (Å²) in [5, 5.41) is 3.60. The van der Waals surface area contributed by atoms with Crippen LogP contribution in [0.25, 0.3) is 10.9 Å². The first kappa shape index (κ1) is 19.2. The van der Waals surface area contributed by atoms with E-state index in [4.69, 9.17) is 4.74 Å². The maximum Gasteiger partial charge on any atom is 0.256 e. The molecular weight excluding hydrogens is 364 g/mol. The molecule has 3 aromatic rings. The van der Waals surface area contributed by atoms with Crippen LogP contribution in [-0.4, -0.2) is 23.6 Å². The fourth-order valence-corrected chi connectivity index (χ4v) is 4.08. The number of ether oxygens (including phenoxy) is 1. The SMILES string of the molecule is COc1ccc2c(=O)c(C(=O)NC3CCCCC3)cn(Cc3ccccc3)c2c1. The maximum absolute atomic E-state index is 13.1. The molecule has 0 aliphatic heterocycles. The molecule has 0 unspecified atom stereocenters. The Morgan fingerprint density at radius 1 is 1.10 bits per heavy atom. The average Bonchev–Trinajstić information content (AvgIpc) is 2.76. The number of rotatable bonds is 5. The van der Waals surface area contributed by atoms with E-state index in [1.54, 1.807) is 25.4 Å². The van der Waals surface area contributed by atoms with Gasteiger partial charge in [-0.15, -0.1) is 0 Å². The highest BCUT2D eigenvalue weighted by atomic mass is 16.5. The van der Waals surface area contributed by atoms with Gasteiger partial charge in [0.2, 0.25) is 5.43 Å². The number of aromatic nitrogens is 1. The first-order valence-corrected chi connectivity index (χ1v) is 10.2. The van der Waals surface area contributed by atoms with Crippen molar-refractivity contribution in [3.63, 3.8) is 0 Å². The molecule has 0 radical (unpaired) electrons. The molecule has 0 atom stereocenters. The van der Waals surface area contributed by atoms with E-state index in [2.05, 4.69) is 5.32 Å². The Balaban J connectivity index is 1.77. The van der Waals surface area contributed by atoms with Gasteiger partial charge in [0.05, 0.1) is 12.6 Å². The Bertz CT molecular complexity index is 1070. The van der Waals surface area contributed by atoms with Gasteiger partial charge in [-0.2, -0.15) is 0 Å². The Kier molecular flexibility index (Phi) is 5.65. The number of carbonyl (C=O) groups is 1. The molecule has 1 aliphatic rings. The van der Waals surface area contributed by atoms with Gasteiger partial charge in [-0.25, -0.2) is 0 Å². The molecule has 1 fully saturated rings. The van der Waals surface area contributed by atoms with Crippen molar-refractivity contribution in [3.8, 4) is 5.75 Å². The molecule has 5 heteroatoms. The van der Waals surface area contributed by atoms with Gasteiger partial charge in [-0.05, 0) is 30.5 Å². The third-order valence-corrected chi connectivity index (χ3v) is 5.67. The van der Waals surface area contributed by atoms with Crippen LogP contribution >= 0.6 is 0 Å². The Labute approximate surface area is 170 Å². The molecule has 2 aromatic carbocycles. The van der Waals surface area contributed by atoms with Crippen molar-refractivity contribution in [1.82, 2.24) is 9.88 Å². The second kappa shape index (κ2) is 8.52. The molecule has 4 rings (SSSR count). The summed E-state index contributed by atoms with van der Waals surface area (Å²) < 4.78 is 7.31. The molecule has 1 amide bonds. The van der Waals surface area contributed by atoms with E-state index < -0.39 is 0 Å². The molecule has 150 valence electrons. The van der Waals surface area contributed by atoms with E-state index >= 15 is 0 Å². The van der Waals surface area contributed by atoms with Crippen molar-refractivity contribution >= 4 is 16.8 Å². The predicted molar refractivity (Wildman–Crippen MR) is 115 cm³/mol. The zero-order valence-corrected chi connectivity index (χ0v) is 16.7. The van der Waals surface area contributed by atoms with Crippen LogP contribution in [0.2, 0.25) is 0 Å². The largest absolute Gasteiger partial charge is 0.497 e. The number of hydrogen-bond acceptors (Lipinski definition) is 3. The van der Waals surface area contributed by atoms with Crippen LogP contribution < -0.4 is 15.5 Å². The summed E-state index contributed by atoms with van der Waals surface area (Å²) in [4.78, 5) is 26.1. The summed E-state index contributed by atoms with van der Waals surface area (Å²) in [6.45, 7) is 0.564. The number of nitrogens with one attached hydrogen (secondary N) is 1. The fraction of sp³-hybridized carbons (Fsp3) is 0.333. The van der Waals surface area contributed by atoms with Crippen LogP contribution in [0.1, 0.15) is 48.0 Å². The molecule has 0 spiro atoms. The van der Waals surface area contributed by atoms with Crippen molar-refractivity contribution in [3.05, 3.63) is 76.1 Å². The number of methoxy groups -OCH3 is 1. The quantitative estimate of drug-likeness (QED) is 0.713. The number of carbonyl (C=O) groups excluding carboxylic acids is 1. The van der Waals surface area contributed by atoms with Crippen molar-refractivity contribution < 1.29 is 9.53 Å². The molecule has 1 aliphatic carbocycles. The maximum atomic E-state index is 13.1. The summed E-state index contributed by atoms with van der Waals surface area (Å²) in [6, 6.07) is 15.5. The number of amides is 1. The molecule has 1 heterocycles. The third kappa shape index (κ3) is 4.19. The van der Waals surface area contributed by atoms with Gasteiger partial charge >= 0.3 is 0 Å². The van der Waals surface area contributed by atoms with Crippen molar-refractivity contribution in [2.45, 2.75) is 44.7 Å². The Morgan fingerprint density at radius 3 is 2.59 bits per heavy atom. The average molecular weight is 390 g/mol. The van der Waals surface area contributed by atoms with Gasteiger partial charge in [0.25, 0.3) is 5.91 Å². The lowest BCUT2D eigenvalue weighted by atomic mass is 9.95. The highest BCUT2D eigenvalue weighted by Gasteiger charge is 2.20. The van der Waals surface area contributed by atoms with Gasteiger partial charge < -0.3 is 14.6 Å². The van der Waals surface area contributed by atoms with Gasteiger partial charge in [-0.1, -0.05) is 49.6 Å². The van der Waals surface area contributed by atoms with Crippen LogP contribution in [0.5, 0.6) is 5.75 Å². The van der Waals surface area contributed by atoms with E-state index in [9.17, 15) is 9.59 Å². The second-order valence-electron chi connectivity index (χ2n) is 7.68. The second-order valence-corrected chi connectivity index (χ2v) is 7.68. The highest BCUT2D eigenvalue weighted by molar-refractivity contribution is 5.97. The number of fused-ring (bicyclic) bond motifs is 1. The lowest BCUT2D eigenvalue weighted by Crippen LogP contribution is -2.38. The van der Waals surface area contributed by atoms with E-state index in [1.807, 2.05) is 41.0 Å². The van der Waals surface area contributed by atoms with Gasteiger partial charge in [0, 0.05) is 30.2 Å². The van der Waals surface area contributed by atoms with Gasteiger partial charge in [0.15, 0.2) is 0 Å². The first-order valence-electron chi connectivity index (χ1n) is 10.2. The third-order valence-electron chi connectivity index (χ3n) is 5.67. The van der Waals surface area contributed by atoms with Crippen molar-refractivity contribution in [1.29, 1.82) is 0 Å². The summed E-state index contributed by atoms with van der Waals surface area (Å²) in [5.41, 5.74) is 1.82. The zero-order chi connectivity index (χ0) is 20.2.